The molecule has 4 heteroatoms. The molecule has 0 radical (unpaired) electrons. The van der Waals surface area contributed by atoms with Crippen LogP contribution in [0.5, 0.6) is 0 Å². The van der Waals surface area contributed by atoms with E-state index in [1.807, 2.05) is 12.1 Å². The van der Waals surface area contributed by atoms with E-state index < -0.39 is 0 Å². The lowest BCUT2D eigenvalue weighted by Gasteiger charge is -2.16. The second kappa shape index (κ2) is 7.39. The van der Waals surface area contributed by atoms with E-state index in [-0.39, 0.29) is 5.91 Å². The van der Waals surface area contributed by atoms with E-state index in [4.69, 9.17) is 11.6 Å². The average molecular weight is 283 g/mol. The molecule has 0 fully saturated rings. The maximum Gasteiger partial charge on any atom is 0.254 e. The van der Waals surface area contributed by atoms with Gasteiger partial charge in [0.2, 0.25) is 0 Å². The van der Waals surface area contributed by atoms with Gasteiger partial charge in [0.25, 0.3) is 5.91 Å². The van der Waals surface area contributed by atoms with Crippen molar-refractivity contribution in [3.05, 3.63) is 28.8 Å². The van der Waals surface area contributed by atoms with Crippen molar-refractivity contribution in [3.63, 3.8) is 0 Å². The third kappa shape index (κ3) is 4.43. The number of carbonyl (C=O) groups excluding carboxylic acids is 1. The maximum atomic E-state index is 12.0. The van der Waals surface area contributed by atoms with Gasteiger partial charge >= 0.3 is 0 Å². The minimum Gasteiger partial charge on any atom is -0.385 e. The van der Waals surface area contributed by atoms with Gasteiger partial charge in [-0.1, -0.05) is 38.3 Å². The first-order valence-corrected chi connectivity index (χ1v) is 7.12. The SMILES string of the molecule is CCC(CC)CNc1ccc(Cl)c(C(=O)N(C)C)c1. The van der Waals surface area contributed by atoms with E-state index in [0.29, 0.717) is 16.5 Å². The summed E-state index contributed by atoms with van der Waals surface area (Å²) in [6, 6.07) is 5.51. The second-order valence-electron chi connectivity index (χ2n) is 4.96. The van der Waals surface area contributed by atoms with Crippen LogP contribution in [0, 0.1) is 5.92 Å². The van der Waals surface area contributed by atoms with Gasteiger partial charge in [-0.15, -0.1) is 0 Å². The molecule has 106 valence electrons. The zero-order chi connectivity index (χ0) is 14.4. The van der Waals surface area contributed by atoms with Crippen LogP contribution in [-0.2, 0) is 0 Å². The molecular weight excluding hydrogens is 260 g/mol. The number of halogens is 1. The Kier molecular flexibility index (Phi) is 6.16. The van der Waals surface area contributed by atoms with Gasteiger partial charge in [-0.3, -0.25) is 4.79 Å². The highest BCUT2D eigenvalue weighted by atomic mass is 35.5. The van der Waals surface area contributed by atoms with E-state index >= 15 is 0 Å². The fourth-order valence-electron chi connectivity index (χ4n) is 1.88. The molecule has 1 N–H and O–H groups in total. The van der Waals surface area contributed by atoms with Crippen molar-refractivity contribution in [2.24, 2.45) is 5.92 Å². The van der Waals surface area contributed by atoms with Crippen LogP contribution >= 0.6 is 11.6 Å². The fraction of sp³-hybridized carbons (Fsp3) is 0.533. The van der Waals surface area contributed by atoms with Crippen LogP contribution in [0.3, 0.4) is 0 Å². The Balaban J connectivity index is 2.81. The normalized spacial score (nSPS) is 10.6. The molecule has 0 spiro atoms. The van der Waals surface area contributed by atoms with Gasteiger partial charge in [0, 0.05) is 26.3 Å². The van der Waals surface area contributed by atoms with Gasteiger partial charge in [-0.2, -0.15) is 0 Å². The van der Waals surface area contributed by atoms with Crippen molar-refractivity contribution in [2.45, 2.75) is 26.7 Å². The number of hydrogen-bond acceptors (Lipinski definition) is 2. The zero-order valence-corrected chi connectivity index (χ0v) is 12.9. The molecule has 0 aliphatic carbocycles. The van der Waals surface area contributed by atoms with Crippen molar-refractivity contribution < 1.29 is 4.79 Å². The molecular formula is C15H23ClN2O. The number of benzene rings is 1. The number of rotatable bonds is 6. The summed E-state index contributed by atoms with van der Waals surface area (Å²) in [6.45, 7) is 5.31. The van der Waals surface area contributed by atoms with Gasteiger partial charge in [0.15, 0.2) is 0 Å². The molecule has 0 unspecified atom stereocenters. The number of hydrogen-bond donors (Lipinski definition) is 1. The van der Waals surface area contributed by atoms with E-state index in [2.05, 4.69) is 19.2 Å². The molecule has 1 rings (SSSR count). The molecule has 0 aliphatic heterocycles. The summed E-state index contributed by atoms with van der Waals surface area (Å²) in [4.78, 5) is 13.5. The maximum absolute atomic E-state index is 12.0. The molecule has 1 aromatic carbocycles. The van der Waals surface area contributed by atoms with Gasteiger partial charge in [0.05, 0.1) is 10.6 Å². The Bertz CT molecular complexity index is 428. The molecule has 0 bridgehead atoms. The van der Waals surface area contributed by atoms with Crippen molar-refractivity contribution in [1.29, 1.82) is 0 Å². The summed E-state index contributed by atoms with van der Waals surface area (Å²) in [5.74, 6) is 0.583. The van der Waals surface area contributed by atoms with Crippen molar-refractivity contribution >= 4 is 23.2 Å². The Labute approximate surface area is 120 Å². The number of carbonyl (C=O) groups is 1. The standard InChI is InChI=1S/C15H23ClN2O/c1-5-11(6-2)10-17-12-7-8-14(16)13(9-12)15(19)18(3)4/h7-9,11,17H,5-6,10H2,1-4H3. The molecule has 0 saturated carbocycles. The number of nitrogens with zero attached hydrogens (tertiary/aromatic N) is 1. The van der Waals surface area contributed by atoms with Crippen LogP contribution in [0.15, 0.2) is 18.2 Å². The minimum atomic E-state index is -0.0730. The Hall–Kier alpha value is -1.22. The monoisotopic (exact) mass is 282 g/mol. The van der Waals surface area contributed by atoms with Crippen LogP contribution in [0.25, 0.3) is 0 Å². The molecule has 0 atom stereocenters. The Morgan fingerprint density at radius 1 is 1.32 bits per heavy atom. The van der Waals surface area contributed by atoms with Crippen molar-refractivity contribution in [3.8, 4) is 0 Å². The summed E-state index contributed by atoms with van der Waals surface area (Å²) in [6.07, 6.45) is 2.31. The molecule has 0 heterocycles. The van der Waals surface area contributed by atoms with E-state index in [1.165, 1.54) is 4.90 Å². The van der Waals surface area contributed by atoms with Crippen LogP contribution in [0.4, 0.5) is 5.69 Å². The molecule has 1 amide bonds. The first-order chi connectivity index (χ1) is 8.99. The predicted octanol–water partition coefficient (Wildman–Crippen LogP) is 3.89. The molecule has 19 heavy (non-hydrogen) atoms. The predicted molar refractivity (Wildman–Crippen MR) is 82.0 cm³/mol. The summed E-state index contributed by atoms with van der Waals surface area (Å²) in [5.41, 5.74) is 1.49. The number of anilines is 1. The highest BCUT2D eigenvalue weighted by molar-refractivity contribution is 6.34. The van der Waals surface area contributed by atoms with Crippen molar-refractivity contribution in [1.82, 2.24) is 4.90 Å². The minimum absolute atomic E-state index is 0.0730. The zero-order valence-electron chi connectivity index (χ0n) is 12.2. The van der Waals surface area contributed by atoms with Crippen LogP contribution in [0.2, 0.25) is 5.02 Å². The Morgan fingerprint density at radius 3 is 2.47 bits per heavy atom. The summed E-state index contributed by atoms with van der Waals surface area (Å²) < 4.78 is 0. The Morgan fingerprint density at radius 2 is 1.95 bits per heavy atom. The quantitative estimate of drug-likeness (QED) is 0.858. The third-order valence-electron chi connectivity index (χ3n) is 3.35. The fourth-order valence-corrected chi connectivity index (χ4v) is 2.08. The second-order valence-corrected chi connectivity index (χ2v) is 5.36. The van der Waals surface area contributed by atoms with E-state index in [9.17, 15) is 4.79 Å². The summed E-state index contributed by atoms with van der Waals surface area (Å²) in [7, 11) is 3.45. The summed E-state index contributed by atoms with van der Waals surface area (Å²) >= 11 is 6.08. The van der Waals surface area contributed by atoms with E-state index in [0.717, 1.165) is 25.1 Å². The molecule has 0 aromatic heterocycles. The summed E-state index contributed by atoms with van der Waals surface area (Å²) in [5, 5.41) is 3.87. The number of nitrogens with one attached hydrogen (secondary N) is 1. The van der Waals surface area contributed by atoms with Gasteiger partial charge in [-0.05, 0) is 24.1 Å². The first kappa shape index (κ1) is 15.8. The molecule has 0 aliphatic rings. The average Bonchev–Trinajstić information content (AvgIpc) is 2.40. The number of amides is 1. The molecule has 0 saturated heterocycles. The highest BCUT2D eigenvalue weighted by Crippen LogP contribution is 2.22. The molecule has 1 aromatic rings. The van der Waals surface area contributed by atoms with Crippen LogP contribution < -0.4 is 5.32 Å². The highest BCUT2D eigenvalue weighted by Gasteiger charge is 2.13. The lowest BCUT2D eigenvalue weighted by molar-refractivity contribution is 0.0828. The lowest BCUT2D eigenvalue weighted by atomic mass is 10.0. The van der Waals surface area contributed by atoms with Crippen LogP contribution in [-0.4, -0.2) is 31.4 Å². The van der Waals surface area contributed by atoms with Crippen molar-refractivity contribution in [2.75, 3.05) is 26.0 Å². The smallest absolute Gasteiger partial charge is 0.254 e. The third-order valence-corrected chi connectivity index (χ3v) is 3.68. The van der Waals surface area contributed by atoms with Gasteiger partial charge in [0.1, 0.15) is 0 Å². The van der Waals surface area contributed by atoms with Gasteiger partial charge < -0.3 is 10.2 Å². The van der Waals surface area contributed by atoms with Crippen LogP contribution in [0.1, 0.15) is 37.0 Å². The molecule has 3 nitrogen and oxygen atoms in total. The topological polar surface area (TPSA) is 32.3 Å². The first-order valence-electron chi connectivity index (χ1n) is 6.74. The lowest BCUT2D eigenvalue weighted by Crippen LogP contribution is -2.22. The van der Waals surface area contributed by atoms with E-state index in [1.54, 1.807) is 20.2 Å². The largest absolute Gasteiger partial charge is 0.385 e. The van der Waals surface area contributed by atoms with Gasteiger partial charge in [-0.25, -0.2) is 0 Å².